The quantitative estimate of drug-likeness (QED) is 0.821. The summed E-state index contributed by atoms with van der Waals surface area (Å²) in [6, 6.07) is 6.59. The second-order valence-corrected chi connectivity index (χ2v) is 7.60. The molecule has 3 rings (SSSR count). The van der Waals surface area contributed by atoms with Crippen molar-refractivity contribution in [3.63, 3.8) is 0 Å². The lowest BCUT2D eigenvalue weighted by molar-refractivity contribution is 0.199. The van der Waals surface area contributed by atoms with Crippen LogP contribution in [0.2, 0.25) is 0 Å². The summed E-state index contributed by atoms with van der Waals surface area (Å²) >= 11 is 0. The first-order valence-electron chi connectivity index (χ1n) is 8.03. The van der Waals surface area contributed by atoms with Gasteiger partial charge in [0, 0.05) is 25.1 Å². The Morgan fingerprint density at radius 2 is 2.12 bits per heavy atom. The number of nitrogens with one attached hydrogen (secondary N) is 1. The van der Waals surface area contributed by atoms with Crippen LogP contribution in [0.5, 0.6) is 0 Å². The standard InChI is InChI=1S/C16H21N3O4S/c1-22-10-9-15-17-16(23-18-15)12-5-4-8-14(11-12)24(20,21)19-13-6-2-3-7-13/h4-5,8,11,13,19H,2-3,6-7,9-10H2,1H3. The molecule has 0 spiro atoms. The fourth-order valence-corrected chi connectivity index (χ4v) is 4.14. The molecule has 0 atom stereocenters. The van der Waals surface area contributed by atoms with Crippen LogP contribution in [0.4, 0.5) is 0 Å². The van der Waals surface area contributed by atoms with Crippen molar-refractivity contribution in [1.82, 2.24) is 14.9 Å². The van der Waals surface area contributed by atoms with Gasteiger partial charge in [-0.05, 0) is 31.0 Å². The van der Waals surface area contributed by atoms with E-state index in [1.807, 2.05) is 0 Å². The van der Waals surface area contributed by atoms with Gasteiger partial charge >= 0.3 is 0 Å². The number of hydrogen-bond donors (Lipinski definition) is 1. The highest BCUT2D eigenvalue weighted by Gasteiger charge is 2.23. The molecule has 0 aliphatic heterocycles. The Labute approximate surface area is 141 Å². The van der Waals surface area contributed by atoms with Crippen molar-refractivity contribution in [3.05, 3.63) is 30.1 Å². The first-order valence-corrected chi connectivity index (χ1v) is 9.51. The molecule has 1 N–H and O–H groups in total. The molecule has 24 heavy (non-hydrogen) atoms. The summed E-state index contributed by atoms with van der Waals surface area (Å²) in [6.45, 7) is 0.499. The molecule has 7 nitrogen and oxygen atoms in total. The topological polar surface area (TPSA) is 94.3 Å². The van der Waals surface area contributed by atoms with Gasteiger partial charge in [0.2, 0.25) is 10.0 Å². The Hall–Kier alpha value is -1.77. The highest BCUT2D eigenvalue weighted by Crippen LogP contribution is 2.23. The average Bonchev–Trinajstić information content (AvgIpc) is 3.24. The fraction of sp³-hybridized carbons (Fsp3) is 0.500. The minimum absolute atomic E-state index is 0.0303. The lowest BCUT2D eigenvalue weighted by Crippen LogP contribution is -2.32. The minimum atomic E-state index is -3.54. The van der Waals surface area contributed by atoms with Crippen LogP contribution in [0.1, 0.15) is 31.5 Å². The SMILES string of the molecule is COCCc1noc(-c2cccc(S(=O)(=O)NC3CCCC3)c2)n1. The van der Waals surface area contributed by atoms with Crippen LogP contribution in [0.3, 0.4) is 0 Å². The Balaban J connectivity index is 1.79. The first kappa shape index (κ1) is 17.1. The van der Waals surface area contributed by atoms with Crippen molar-refractivity contribution < 1.29 is 17.7 Å². The summed E-state index contributed by atoms with van der Waals surface area (Å²) in [5, 5.41) is 3.87. The third-order valence-electron chi connectivity index (χ3n) is 4.07. The van der Waals surface area contributed by atoms with Gasteiger partial charge in [0.1, 0.15) is 0 Å². The van der Waals surface area contributed by atoms with Gasteiger partial charge in [-0.15, -0.1) is 0 Å². The monoisotopic (exact) mass is 351 g/mol. The van der Waals surface area contributed by atoms with Crippen molar-refractivity contribution in [2.24, 2.45) is 0 Å². The van der Waals surface area contributed by atoms with E-state index < -0.39 is 10.0 Å². The molecule has 1 aromatic carbocycles. The van der Waals surface area contributed by atoms with Gasteiger partial charge in [0.05, 0.1) is 11.5 Å². The zero-order valence-corrected chi connectivity index (χ0v) is 14.4. The Morgan fingerprint density at radius 3 is 2.88 bits per heavy atom. The number of methoxy groups -OCH3 is 1. The number of benzene rings is 1. The number of nitrogens with zero attached hydrogens (tertiary/aromatic N) is 2. The largest absolute Gasteiger partial charge is 0.384 e. The molecule has 0 saturated heterocycles. The molecule has 8 heteroatoms. The van der Waals surface area contributed by atoms with E-state index >= 15 is 0 Å². The number of sulfonamides is 1. The molecule has 130 valence electrons. The summed E-state index contributed by atoms with van der Waals surface area (Å²) in [5.41, 5.74) is 0.584. The van der Waals surface area contributed by atoms with E-state index in [0.29, 0.717) is 30.3 Å². The maximum absolute atomic E-state index is 12.5. The lowest BCUT2D eigenvalue weighted by atomic mass is 10.2. The molecule has 1 aromatic heterocycles. The zero-order chi connectivity index (χ0) is 17.0. The normalized spacial score (nSPS) is 15.9. The van der Waals surface area contributed by atoms with E-state index in [-0.39, 0.29) is 10.9 Å². The summed E-state index contributed by atoms with van der Waals surface area (Å²) in [5.74, 6) is 0.836. The van der Waals surface area contributed by atoms with E-state index in [1.165, 1.54) is 0 Å². The average molecular weight is 351 g/mol. The van der Waals surface area contributed by atoms with Crippen LogP contribution >= 0.6 is 0 Å². The lowest BCUT2D eigenvalue weighted by Gasteiger charge is -2.12. The molecule has 0 amide bonds. The van der Waals surface area contributed by atoms with Crippen LogP contribution in [-0.2, 0) is 21.2 Å². The Morgan fingerprint density at radius 1 is 1.33 bits per heavy atom. The van der Waals surface area contributed by atoms with E-state index in [0.717, 1.165) is 25.7 Å². The molecule has 0 bridgehead atoms. The molecular weight excluding hydrogens is 330 g/mol. The van der Waals surface area contributed by atoms with Gasteiger partial charge in [-0.3, -0.25) is 0 Å². The van der Waals surface area contributed by atoms with Gasteiger partial charge in [0.25, 0.3) is 5.89 Å². The van der Waals surface area contributed by atoms with Crippen molar-refractivity contribution in [3.8, 4) is 11.5 Å². The summed E-state index contributed by atoms with van der Waals surface area (Å²) in [4.78, 5) is 4.48. The Kier molecular flexibility index (Phi) is 5.27. The molecule has 1 heterocycles. The van der Waals surface area contributed by atoms with Crippen molar-refractivity contribution in [1.29, 1.82) is 0 Å². The van der Waals surface area contributed by atoms with Crippen LogP contribution in [0.25, 0.3) is 11.5 Å². The van der Waals surface area contributed by atoms with Crippen LogP contribution in [0, 0.1) is 0 Å². The highest BCUT2D eigenvalue weighted by atomic mass is 32.2. The number of aromatic nitrogens is 2. The van der Waals surface area contributed by atoms with Gasteiger partial charge in [-0.2, -0.15) is 4.98 Å². The second kappa shape index (κ2) is 7.42. The predicted octanol–water partition coefficient (Wildman–Crippen LogP) is 2.15. The summed E-state index contributed by atoms with van der Waals surface area (Å²) in [7, 11) is -1.94. The van der Waals surface area contributed by atoms with Crippen molar-refractivity contribution >= 4 is 10.0 Å². The first-order chi connectivity index (χ1) is 11.6. The molecular formula is C16H21N3O4S. The molecule has 2 aromatic rings. The third kappa shape index (κ3) is 4.00. The van der Waals surface area contributed by atoms with Crippen LogP contribution in [0.15, 0.2) is 33.7 Å². The number of rotatable bonds is 7. The summed E-state index contributed by atoms with van der Waals surface area (Å²) < 4.78 is 38.0. The van der Waals surface area contributed by atoms with Gasteiger partial charge in [-0.1, -0.05) is 24.1 Å². The number of ether oxygens (including phenoxy) is 1. The molecule has 0 radical (unpaired) electrons. The van der Waals surface area contributed by atoms with E-state index in [2.05, 4.69) is 14.9 Å². The van der Waals surface area contributed by atoms with E-state index in [9.17, 15) is 8.42 Å². The molecule has 0 unspecified atom stereocenters. The van der Waals surface area contributed by atoms with Crippen LogP contribution in [-0.4, -0.2) is 38.3 Å². The fourth-order valence-electron chi connectivity index (χ4n) is 2.79. The van der Waals surface area contributed by atoms with Gasteiger partial charge < -0.3 is 9.26 Å². The minimum Gasteiger partial charge on any atom is -0.384 e. The summed E-state index contributed by atoms with van der Waals surface area (Å²) in [6.07, 6.45) is 4.47. The molecule has 1 saturated carbocycles. The van der Waals surface area contributed by atoms with Gasteiger partial charge in [0.15, 0.2) is 5.82 Å². The molecule has 1 aliphatic carbocycles. The van der Waals surface area contributed by atoms with E-state index in [4.69, 9.17) is 9.26 Å². The van der Waals surface area contributed by atoms with Gasteiger partial charge in [-0.25, -0.2) is 13.1 Å². The predicted molar refractivity (Wildman–Crippen MR) is 87.9 cm³/mol. The van der Waals surface area contributed by atoms with Crippen molar-refractivity contribution in [2.75, 3.05) is 13.7 Å². The second-order valence-electron chi connectivity index (χ2n) is 5.89. The van der Waals surface area contributed by atoms with E-state index in [1.54, 1.807) is 31.4 Å². The third-order valence-corrected chi connectivity index (χ3v) is 5.58. The van der Waals surface area contributed by atoms with Crippen LogP contribution < -0.4 is 4.72 Å². The van der Waals surface area contributed by atoms with Crippen molar-refractivity contribution in [2.45, 2.75) is 43.0 Å². The molecule has 1 fully saturated rings. The zero-order valence-electron chi connectivity index (χ0n) is 13.6. The maximum atomic E-state index is 12.5. The highest BCUT2D eigenvalue weighted by molar-refractivity contribution is 7.89. The molecule has 1 aliphatic rings. The smallest absolute Gasteiger partial charge is 0.257 e. The Bertz CT molecular complexity index is 782. The number of hydrogen-bond acceptors (Lipinski definition) is 6. The maximum Gasteiger partial charge on any atom is 0.257 e.